The van der Waals surface area contributed by atoms with Crippen LogP contribution in [0.15, 0.2) is 24.3 Å². The Morgan fingerprint density at radius 1 is 1.33 bits per heavy atom. The van der Waals surface area contributed by atoms with Gasteiger partial charge in [-0.15, -0.1) is 0 Å². The number of carbonyl (C=O) groups excluding carboxylic acids is 1. The van der Waals surface area contributed by atoms with Crippen molar-refractivity contribution in [3.8, 4) is 0 Å². The summed E-state index contributed by atoms with van der Waals surface area (Å²) in [4.78, 5) is 14.4. The first-order valence-electron chi connectivity index (χ1n) is 7.82. The molecular formula is C17H27N3O. The number of likely N-dealkylation sites (tertiary alicyclic amines) is 1. The van der Waals surface area contributed by atoms with Gasteiger partial charge in [-0.2, -0.15) is 0 Å². The van der Waals surface area contributed by atoms with Gasteiger partial charge in [0.1, 0.15) is 0 Å². The first kappa shape index (κ1) is 16.0. The molecule has 1 aliphatic rings. The molecule has 1 heterocycles. The smallest absolute Gasteiger partial charge is 0.224 e. The van der Waals surface area contributed by atoms with E-state index in [1.165, 1.54) is 31.5 Å². The van der Waals surface area contributed by atoms with E-state index in [0.29, 0.717) is 12.8 Å². The molecule has 1 aromatic rings. The standard InChI is InChI=1S/C17H27N3O/c1-17(2,18)9-8-16(21)19-15-7-5-6-14(12-15)13-20-10-3-4-11-20/h5-7,12H,3-4,8-11,13,18H2,1-2H3,(H,19,21). The molecule has 21 heavy (non-hydrogen) atoms. The molecule has 0 aliphatic carbocycles. The van der Waals surface area contributed by atoms with E-state index in [2.05, 4.69) is 22.3 Å². The number of hydrogen-bond donors (Lipinski definition) is 2. The first-order valence-corrected chi connectivity index (χ1v) is 7.82. The van der Waals surface area contributed by atoms with Crippen LogP contribution in [0.3, 0.4) is 0 Å². The van der Waals surface area contributed by atoms with Crippen LogP contribution in [-0.4, -0.2) is 29.4 Å². The summed E-state index contributed by atoms with van der Waals surface area (Å²) < 4.78 is 0. The van der Waals surface area contributed by atoms with Crippen LogP contribution in [0.2, 0.25) is 0 Å². The molecule has 3 N–H and O–H groups in total. The van der Waals surface area contributed by atoms with E-state index in [4.69, 9.17) is 5.73 Å². The van der Waals surface area contributed by atoms with Crippen LogP contribution in [0.25, 0.3) is 0 Å². The Hall–Kier alpha value is -1.39. The summed E-state index contributed by atoms with van der Waals surface area (Å²) in [5.74, 6) is 0.0341. The van der Waals surface area contributed by atoms with Gasteiger partial charge in [-0.1, -0.05) is 12.1 Å². The van der Waals surface area contributed by atoms with Crippen molar-refractivity contribution in [1.29, 1.82) is 0 Å². The van der Waals surface area contributed by atoms with Gasteiger partial charge in [0, 0.05) is 24.2 Å². The molecule has 4 heteroatoms. The van der Waals surface area contributed by atoms with Crippen LogP contribution in [0.4, 0.5) is 5.69 Å². The second-order valence-electron chi connectivity index (χ2n) is 6.72. The van der Waals surface area contributed by atoms with Crippen LogP contribution < -0.4 is 11.1 Å². The lowest BCUT2D eigenvalue weighted by molar-refractivity contribution is -0.116. The van der Waals surface area contributed by atoms with E-state index in [1.807, 2.05) is 26.0 Å². The molecule has 0 aromatic heterocycles. The van der Waals surface area contributed by atoms with E-state index >= 15 is 0 Å². The van der Waals surface area contributed by atoms with Gasteiger partial charge in [-0.05, 0) is 63.9 Å². The lowest BCUT2D eigenvalue weighted by Gasteiger charge is -2.18. The molecule has 1 amide bonds. The zero-order valence-electron chi connectivity index (χ0n) is 13.2. The maximum atomic E-state index is 11.9. The van der Waals surface area contributed by atoms with Gasteiger partial charge in [-0.25, -0.2) is 0 Å². The fourth-order valence-corrected chi connectivity index (χ4v) is 2.61. The maximum absolute atomic E-state index is 11.9. The van der Waals surface area contributed by atoms with E-state index in [-0.39, 0.29) is 11.4 Å². The van der Waals surface area contributed by atoms with Crippen LogP contribution in [0, 0.1) is 0 Å². The van der Waals surface area contributed by atoms with Crippen molar-refractivity contribution in [1.82, 2.24) is 4.90 Å². The Kier molecular flexibility index (Phi) is 5.37. The van der Waals surface area contributed by atoms with E-state index in [0.717, 1.165) is 12.2 Å². The molecular weight excluding hydrogens is 262 g/mol. The summed E-state index contributed by atoms with van der Waals surface area (Å²) >= 11 is 0. The molecule has 0 radical (unpaired) electrons. The number of benzene rings is 1. The Bertz CT molecular complexity index is 473. The van der Waals surface area contributed by atoms with Crippen molar-refractivity contribution in [3.63, 3.8) is 0 Å². The van der Waals surface area contributed by atoms with Crippen molar-refractivity contribution in [2.45, 2.75) is 51.6 Å². The largest absolute Gasteiger partial charge is 0.326 e. The summed E-state index contributed by atoms with van der Waals surface area (Å²) in [6, 6.07) is 8.15. The van der Waals surface area contributed by atoms with Gasteiger partial charge in [-0.3, -0.25) is 9.69 Å². The van der Waals surface area contributed by atoms with Gasteiger partial charge < -0.3 is 11.1 Å². The average molecular weight is 289 g/mol. The highest BCUT2D eigenvalue weighted by Gasteiger charge is 2.14. The Balaban J connectivity index is 1.86. The van der Waals surface area contributed by atoms with E-state index in [1.54, 1.807) is 0 Å². The summed E-state index contributed by atoms with van der Waals surface area (Å²) in [5.41, 5.74) is 7.75. The third kappa shape index (κ3) is 5.86. The number of carbonyl (C=O) groups is 1. The summed E-state index contributed by atoms with van der Waals surface area (Å²) in [6.45, 7) is 7.22. The number of hydrogen-bond acceptors (Lipinski definition) is 3. The van der Waals surface area contributed by atoms with Crippen molar-refractivity contribution < 1.29 is 4.79 Å². The summed E-state index contributed by atoms with van der Waals surface area (Å²) in [5, 5.41) is 2.97. The first-order chi connectivity index (χ1) is 9.92. The number of amides is 1. The van der Waals surface area contributed by atoms with Crippen molar-refractivity contribution in [2.24, 2.45) is 5.73 Å². The molecule has 2 rings (SSSR count). The fourth-order valence-electron chi connectivity index (χ4n) is 2.61. The van der Waals surface area contributed by atoms with E-state index in [9.17, 15) is 4.79 Å². The second kappa shape index (κ2) is 7.05. The molecule has 0 bridgehead atoms. The topological polar surface area (TPSA) is 58.4 Å². The maximum Gasteiger partial charge on any atom is 0.224 e. The van der Waals surface area contributed by atoms with Gasteiger partial charge in [0.25, 0.3) is 0 Å². The Morgan fingerprint density at radius 3 is 2.71 bits per heavy atom. The highest BCUT2D eigenvalue weighted by Crippen LogP contribution is 2.17. The van der Waals surface area contributed by atoms with Crippen LogP contribution in [0.5, 0.6) is 0 Å². The van der Waals surface area contributed by atoms with Crippen LogP contribution in [0.1, 0.15) is 45.1 Å². The molecule has 0 unspecified atom stereocenters. The van der Waals surface area contributed by atoms with Gasteiger partial charge in [0.05, 0.1) is 0 Å². The zero-order valence-corrected chi connectivity index (χ0v) is 13.2. The van der Waals surface area contributed by atoms with Crippen molar-refractivity contribution >= 4 is 11.6 Å². The minimum absolute atomic E-state index is 0.0341. The molecule has 1 saturated heterocycles. The molecule has 0 atom stereocenters. The molecule has 116 valence electrons. The van der Waals surface area contributed by atoms with Gasteiger partial charge in [0.15, 0.2) is 0 Å². The quantitative estimate of drug-likeness (QED) is 0.846. The summed E-state index contributed by atoms with van der Waals surface area (Å²) in [7, 11) is 0. The Morgan fingerprint density at radius 2 is 2.05 bits per heavy atom. The lowest BCUT2D eigenvalue weighted by Crippen LogP contribution is -2.33. The highest BCUT2D eigenvalue weighted by atomic mass is 16.1. The zero-order chi connectivity index (χ0) is 15.3. The number of rotatable bonds is 6. The second-order valence-corrected chi connectivity index (χ2v) is 6.72. The average Bonchev–Trinajstić information content (AvgIpc) is 2.89. The Labute approximate surface area is 127 Å². The molecule has 4 nitrogen and oxygen atoms in total. The third-order valence-corrected chi connectivity index (χ3v) is 3.81. The van der Waals surface area contributed by atoms with Crippen molar-refractivity contribution in [2.75, 3.05) is 18.4 Å². The molecule has 1 aliphatic heterocycles. The monoisotopic (exact) mass is 289 g/mol. The van der Waals surface area contributed by atoms with E-state index < -0.39 is 0 Å². The van der Waals surface area contributed by atoms with Crippen molar-refractivity contribution in [3.05, 3.63) is 29.8 Å². The number of nitrogens with two attached hydrogens (primary N) is 1. The number of nitrogens with one attached hydrogen (secondary N) is 1. The minimum Gasteiger partial charge on any atom is -0.326 e. The fraction of sp³-hybridized carbons (Fsp3) is 0.588. The lowest BCUT2D eigenvalue weighted by atomic mass is 10.00. The number of nitrogens with zero attached hydrogens (tertiary/aromatic N) is 1. The predicted molar refractivity (Wildman–Crippen MR) is 87.1 cm³/mol. The molecule has 0 spiro atoms. The van der Waals surface area contributed by atoms with Gasteiger partial charge >= 0.3 is 0 Å². The summed E-state index contributed by atoms with van der Waals surface area (Å²) in [6.07, 6.45) is 3.74. The van der Waals surface area contributed by atoms with Gasteiger partial charge in [0.2, 0.25) is 5.91 Å². The number of anilines is 1. The molecule has 0 saturated carbocycles. The minimum atomic E-state index is -0.297. The van der Waals surface area contributed by atoms with Crippen LogP contribution in [-0.2, 0) is 11.3 Å². The predicted octanol–water partition coefficient (Wildman–Crippen LogP) is 2.74. The SMILES string of the molecule is CC(C)(N)CCC(=O)Nc1cccc(CN2CCCC2)c1. The molecule has 1 aromatic carbocycles. The molecule has 1 fully saturated rings. The third-order valence-electron chi connectivity index (χ3n) is 3.81. The van der Waals surface area contributed by atoms with Crippen LogP contribution >= 0.6 is 0 Å². The normalized spacial score (nSPS) is 16.1. The highest BCUT2D eigenvalue weighted by molar-refractivity contribution is 5.90.